The third-order valence-corrected chi connectivity index (χ3v) is 3.31. The van der Waals surface area contributed by atoms with Crippen molar-refractivity contribution in [2.75, 3.05) is 7.11 Å². The number of hydrogen-bond donors (Lipinski definition) is 0. The van der Waals surface area contributed by atoms with Crippen molar-refractivity contribution < 1.29 is 9.53 Å². The van der Waals surface area contributed by atoms with E-state index >= 15 is 0 Å². The fraction of sp³-hybridized carbons (Fsp3) is 0.308. The fourth-order valence-corrected chi connectivity index (χ4v) is 2.01. The van der Waals surface area contributed by atoms with Crippen LogP contribution in [0, 0.1) is 20.8 Å². The van der Waals surface area contributed by atoms with Crippen LogP contribution in [0.3, 0.4) is 0 Å². The third kappa shape index (κ3) is 2.33. The first-order chi connectivity index (χ1) is 8.95. The zero-order chi connectivity index (χ0) is 14.2. The number of aryl methyl sites for hydroxylation is 2. The highest BCUT2D eigenvalue weighted by Crippen LogP contribution is 2.21. The first kappa shape index (κ1) is 13.5. The lowest BCUT2D eigenvalue weighted by Crippen LogP contribution is -2.08. The van der Waals surface area contributed by atoms with E-state index in [1.807, 2.05) is 19.9 Å². The molecule has 6 heteroatoms. The van der Waals surface area contributed by atoms with Crippen molar-refractivity contribution >= 4 is 17.6 Å². The largest absolute Gasteiger partial charge is 0.465 e. The lowest BCUT2D eigenvalue weighted by atomic mass is 10.2. The van der Waals surface area contributed by atoms with Gasteiger partial charge in [-0.05, 0) is 32.4 Å². The number of carbonyl (C=O) groups is 1. The number of pyridine rings is 1. The number of halogens is 1. The van der Waals surface area contributed by atoms with E-state index in [4.69, 9.17) is 16.3 Å². The second-order valence-corrected chi connectivity index (χ2v) is 4.65. The van der Waals surface area contributed by atoms with Gasteiger partial charge < -0.3 is 4.74 Å². The summed E-state index contributed by atoms with van der Waals surface area (Å²) in [6.07, 6.45) is 1.48. The summed E-state index contributed by atoms with van der Waals surface area (Å²) in [5, 5.41) is 4.81. The average Bonchev–Trinajstić information content (AvgIpc) is 2.75. The van der Waals surface area contributed by atoms with E-state index in [1.165, 1.54) is 13.3 Å². The normalized spacial score (nSPS) is 10.6. The summed E-state index contributed by atoms with van der Waals surface area (Å²) < 4.78 is 6.32. The van der Waals surface area contributed by atoms with Crippen molar-refractivity contribution in [3.05, 3.63) is 39.8 Å². The standard InChI is InChI=1S/C13H14ClN3O2/c1-7-5-11(14)8(2)16-12(7)17-9(3)10(6-15-17)13(18)19-4/h5-6H,1-4H3. The number of nitrogens with zero attached hydrogens (tertiary/aromatic N) is 3. The maximum Gasteiger partial charge on any atom is 0.341 e. The van der Waals surface area contributed by atoms with Crippen LogP contribution in [0.1, 0.15) is 27.3 Å². The van der Waals surface area contributed by atoms with Crippen LogP contribution < -0.4 is 0 Å². The summed E-state index contributed by atoms with van der Waals surface area (Å²) in [7, 11) is 1.34. The van der Waals surface area contributed by atoms with Gasteiger partial charge in [0.2, 0.25) is 0 Å². The molecule has 0 aliphatic heterocycles. The minimum Gasteiger partial charge on any atom is -0.465 e. The molecule has 0 amide bonds. The Morgan fingerprint density at radius 3 is 2.68 bits per heavy atom. The van der Waals surface area contributed by atoms with Gasteiger partial charge in [0.25, 0.3) is 0 Å². The van der Waals surface area contributed by atoms with Gasteiger partial charge in [-0.25, -0.2) is 14.5 Å². The van der Waals surface area contributed by atoms with Gasteiger partial charge in [-0.2, -0.15) is 5.10 Å². The van der Waals surface area contributed by atoms with Gasteiger partial charge in [0.1, 0.15) is 5.56 Å². The lowest BCUT2D eigenvalue weighted by molar-refractivity contribution is 0.0600. The first-order valence-electron chi connectivity index (χ1n) is 5.72. The quantitative estimate of drug-likeness (QED) is 0.793. The van der Waals surface area contributed by atoms with Gasteiger partial charge in [-0.1, -0.05) is 11.6 Å². The maximum absolute atomic E-state index is 11.6. The zero-order valence-electron chi connectivity index (χ0n) is 11.2. The Hall–Kier alpha value is -1.88. The second kappa shape index (κ2) is 5.01. The molecule has 0 saturated carbocycles. The minimum atomic E-state index is -0.410. The number of rotatable bonds is 2. The van der Waals surface area contributed by atoms with Crippen LogP contribution in [-0.2, 0) is 4.74 Å². The van der Waals surface area contributed by atoms with E-state index in [0.29, 0.717) is 22.1 Å². The van der Waals surface area contributed by atoms with Gasteiger partial charge in [-0.15, -0.1) is 0 Å². The second-order valence-electron chi connectivity index (χ2n) is 4.24. The fourth-order valence-electron chi connectivity index (χ4n) is 1.81. The minimum absolute atomic E-state index is 0.410. The predicted molar refractivity (Wildman–Crippen MR) is 71.9 cm³/mol. The van der Waals surface area contributed by atoms with Crippen molar-refractivity contribution in [1.29, 1.82) is 0 Å². The molecule has 0 aliphatic rings. The van der Waals surface area contributed by atoms with E-state index in [0.717, 1.165) is 11.3 Å². The summed E-state index contributed by atoms with van der Waals surface area (Å²) in [5.41, 5.74) is 2.72. The van der Waals surface area contributed by atoms with Crippen molar-refractivity contribution in [3.8, 4) is 5.82 Å². The van der Waals surface area contributed by atoms with Gasteiger partial charge >= 0.3 is 5.97 Å². The molecule has 2 rings (SSSR count). The molecular weight excluding hydrogens is 266 g/mol. The molecule has 0 aromatic carbocycles. The molecule has 0 aliphatic carbocycles. The van der Waals surface area contributed by atoms with Crippen molar-refractivity contribution in [2.24, 2.45) is 0 Å². The van der Waals surface area contributed by atoms with Crippen LogP contribution in [-0.4, -0.2) is 27.8 Å². The van der Waals surface area contributed by atoms with Crippen molar-refractivity contribution in [3.63, 3.8) is 0 Å². The number of esters is 1. The molecule has 0 atom stereocenters. The molecule has 2 aromatic rings. The third-order valence-electron chi connectivity index (χ3n) is 2.93. The average molecular weight is 280 g/mol. The predicted octanol–water partition coefficient (Wildman–Crippen LogP) is 2.63. The topological polar surface area (TPSA) is 57.0 Å². The van der Waals surface area contributed by atoms with E-state index in [9.17, 15) is 4.79 Å². The Bertz CT molecular complexity index is 650. The molecule has 100 valence electrons. The maximum atomic E-state index is 11.6. The smallest absolute Gasteiger partial charge is 0.341 e. The first-order valence-corrected chi connectivity index (χ1v) is 6.10. The molecule has 2 aromatic heterocycles. The molecule has 0 N–H and O–H groups in total. The molecule has 0 radical (unpaired) electrons. The van der Waals surface area contributed by atoms with Gasteiger partial charge in [0.15, 0.2) is 5.82 Å². The molecule has 5 nitrogen and oxygen atoms in total. The summed E-state index contributed by atoms with van der Waals surface area (Å²) in [4.78, 5) is 16.0. The number of hydrogen-bond acceptors (Lipinski definition) is 4. The summed E-state index contributed by atoms with van der Waals surface area (Å²) in [6, 6.07) is 1.83. The highest BCUT2D eigenvalue weighted by molar-refractivity contribution is 6.31. The zero-order valence-corrected chi connectivity index (χ0v) is 11.9. The van der Waals surface area contributed by atoms with Crippen LogP contribution in [0.5, 0.6) is 0 Å². The number of ether oxygens (including phenoxy) is 1. The van der Waals surface area contributed by atoms with Crippen LogP contribution in [0.2, 0.25) is 5.02 Å². The Kier molecular flexibility index (Phi) is 3.57. The van der Waals surface area contributed by atoms with Gasteiger partial charge in [0.05, 0.1) is 29.7 Å². The van der Waals surface area contributed by atoms with Crippen LogP contribution >= 0.6 is 11.6 Å². The van der Waals surface area contributed by atoms with Crippen LogP contribution in [0.4, 0.5) is 0 Å². The van der Waals surface area contributed by atoms with Crippen molar-refractivity contribution in [2.45, 2.75) is 20.8 Å². The SMILES string of the molecule is COC(=O)c1cnn(-c2nc(C)c(Cl)cc2C)c1C. The highest BCUT2D eigenvalue weighted by Gasteiger charge is 2.17. The molecule has 0 bridgehead atoms. The molecule has 0 fully saturated rings. The number of carbonyl (C=O) groups excluding carboxylic acids is 1. The Morgan fingerprint density at radius 1 is 1.37 bits per heavy atom. The van der Waals surface area contributed by atoms with Crippen LogP contribution in [0.25, 0.3) is 5.82 Å². The summed E-state index contributed by atoms with van der Waals surface area (Å²) in [6.45, 7) is 5.52. The van der Waals surface area contributed by atoms with E-state index in [1.54, 1.807) is 11.6 Å². The van der Waals surface area contributed by atoms with E-state index in [-0.39, 0.29) is 0 Å². The molecule has 19 heavy (non-hydrogen) atoms. The molecule has 0 saturated heterocycles. The Morgan fingerprint density at radius 2 is 2.05 bits per heavy atom. The number of methoxy groups -OCH3 is 1. The number of aromatic nitrogens is 3. The molecular formula is C13H14ClN3O2. The Balaban J connectivity index is 2.57. The summed E-state index contributed by atoms with van der Waals surface area (Å²) in [5.74, 6) is 0.252. The molecule has 0 spiro atoms. The lowest BCUT2D eigenvalue weighted by Gasteiger charge is -2.09. The van der Waals surface area contributed by atoms with E-state index < -0.39 is 5.97 Å². The molecule has 0 unspecified atom stereocenters. The highest BCUT2D eigenvalue weighted by atomic mass is 35.5. The Labute approximate surface area is 116 Å². The van der Waals surface area contributed by atoms with Gasteiger partial charge in [0, 0.05) is 0 Å². The van der Waals surface area contributed by atoms with E-state index in [2.05, 4.69) is 10.1 Å². The van der Waals surface area contributed by atoms with Crippen LogP contribution in [0.15, 0.2) is 12.3 Å². The molecule has 2 heterocycles. The van der Waals surface area contributed by atoms with Gasteiger partial charge in [-0.3, -0.25) is 0 Å². The summed E-state index contributed by atoms with van der Waals surface area (Å²) >= 11 is 6.03. The van der Waals surface area contributed by atoms with Crippen molar-refractivity contribution in [1.82, 2.24) is 14.8 Å². The monoisotopic (exact) mass is 279 g/mol.